The van der Waals surface area contributed by atoms with Gasteiger partial charge in [0.05, 0.1) is 18.0 Å². The van der Waals surface area contributed by atoms with E-state index >= 15 is 0 Å². The molecule has 0 aromatic rings. The van der Waals surface area contributed by atoms with E-state index in [1.165, 1.54) is 18.6 Å². The van der Waals surface area contributed by atoms with Gasteiger partial charge in [-0.25, -0.2) is 0 Å². The van der Waals surface area contributed by atoms with Crippen molar-refractivity contribution in [1.29, 1.82) is 0 Å². The quantitative estimate of drug-likeness (QED) is 0.557. The normalized spacial score (nSPS) is 32.9. The number of thioether (sulfide) groups is 1. The largest absolute Gasteiger partial charge is 0.372 e. The predicted molar refractivity (Wildman–Crippen MR) is 48.4 cm³/mol. The third-order valence-corrected chi connectivity index (χ3v) is 3.46. The summed E-state index contributed by atoms with van der Waals surface area (Å²) in [5.74, 6) is 1.30. The van der Waals surface area contributed by atoms with Gasteiger partial charge in [0, 0.05) is 0 Å². The maximum atomic E-state index is 5.62. The molecule has 1 fully saturated rings. The van der Waals surface area contributed by atoms with E-state index in [0.717, 1.165) is 13.0 Å². The van der Waals surface area contributed by atoms with E-state index in [2.05, 4.69) is 12.2 Å². The molecule has 0 amide bonds. The zero-order valence-electron chi connectivity index (χ0n) is 6.58. The minimum Gasteiger partial charge on any atom is -0.372 e. The van der Waals surface area contributed by atoms with Crippen molar-refractivity contribution in [2.45, 2.75) is 25.4 Å². The fraction of sp³-hybridized carbons (Fsp3) is 0.667. The van der Waals surface area contributed by atoms with Crippen LogP contribution in [0.15, 0.2) is 12.2 Å². The molecule has 1 atom stereocenters. The van der Waals surface area contributed by atoms with Gasteiger partial charge < -0.3 is 4.74 Å². The average Bonchev–Trinajstić information content (AvgIpc) is 2.58. The van der Waals surface area contributed by atoms with Crippen molar-refractivity contribution in [2.24, 2.45) is 0 Å². The molecule has 0 aromatic heterocycles. The fourth-order valence-electron chi connectivity index (χ4n) is 1.53. The second-order valence-electron chi connectivity index (χ2n) is 2.95. The molecule has 1 saturated heterocycles. The molecule has 2 rings (SSSR count). The Morgan fingerprint density at radius 1 is 1.45 bits per heavy atom. The maximum Gasteiger partial charge on any atom is 0.0774 e. The van der Waals surface area contributed by atoms with Crippen molar-refractivity contribution in [2.75, 3.05) is 12.4 Å². The van der Waals surface area contributed by atoms with E-state index in [4.69, 9.17) is 4.74 Å². The second kappa shape index (κ2) is 3.63. The van der Waals surface area contributed by atoms with Crippen LogP contribution in [0.1, 0.15) is 19.3 Å². The lowest BCUT2D eigenvalue weighted by Gasteiger charge is -2.23. The monoisotopic (exact) mass is 169 g/mol. The summed E-state index contributed by atoms with van der Waals surface area (Å²) < 4.78 is 5.62. The summed E-state index contributed by atoms with van der Waals surface area (Å²) in [4.78, 5) is 0. The topological polar surface area (TPSA) is 9.23 Å². The first-order valence-corrected chi connectivity index (χ1v) is 5.20. The third-order valence-electron chi connectivity index (χ3n) is 2.12. The van der Waals surface area contributed by atoms with Crippen LogP contribution in [0.4, 0.5) is 0 Å². The van der Waals surface area contributed by atoms with Crippen molar-refractivity contribution in [3.63, 3.8) is 0 Å². The average molecular weight is 169 g/mol. The Morgan fingerprint density at radius 3 is 3.09 bits per heavy atom. The van der Waals surface area contributed by atoms with E-state index in [-0.39, 0.29) is 0 Å². The molecule has 1 unspecified atom stereocenters. The Morgan fingerprint density at radius 2 is 2.45 bits per heavy atom. The van der Waals surface area contributed by atoms with Gasteiger partial charge in [0.1, 0.15) is 0 Å². The first-order chi connectivity index (χ1) is 5.47. The van der Waals surface area contributed by atoms with E-state index in [1.54, 1.807) is 5.25 Å². The predicted octanol–water partition coefficient (Wildman–Crippen LogP) is 2.39. The first-order valence-electron chi connectivity index (χ1n) is 4.22. The summed E-state index contributed by atoms with van der Waals surface area (Å²) in [6, 6.07) is 0. The zero-order chi connectivity index (χ0) is 7.52. The molecular formula is C9H13OS. The van der Waals surface area contributed by atoms with Crippen LogP contribution in [-0.2, 0) is 4.74 Å². The van der Waals surface area contributed by atoms with Crippen LogP contribution in [0.5, 0.6) is 0 Å². The van der Waals surface area contributed by atoms with Gasteiger partial charge in [-0.15, -0.1) is 0 Å². The van der Waals surface area contributed by atoms with Crippen molar-refractivity contribution < 1.29 is 4.74 Å². The van der Waals surface area contributed by atoms with Gasteiger partial charge in [0.2, 0.25) is 0 Å². The molecule has 0 bridgehead atoms. The molecule has 1 nitrogen and oxygen atoms in total. The van der Waals surface area contributed by atoms with Crippen LogP contribution in [0.2, 0.25) is 0 Å². The molecule has 0 aromatic carbocycles. The number of hydrogen-bond acceptors (Lipinski definition) is 2. The summed E-state index contributed by atoms with van der Waals surface area (Å²) in [6.07, 6.45) is 8.51. The van der Waals surface area contributed by atoms with E-state index in [9.17, 15) is 0 Å². The van der Waals surface area contributed by atoms with E-state index in [0.29, 0.717) is 6.10 Å². The molecule has 2 heteroatoms. The first kappa shape index (κ1) is 7.69. The highest BCUT2D eigenvalue weighted by Crippen LogP contribution is 2.39. The molecule has 2 aliphatic heterocycles. The van der Waals surface area contributed by atoms with Crippen molar-refractivity contribution in [3.05, 3.63) is 17.4 Å². The van der Waals surface area contributed by atoms with Crippen molar-refractivity contribution >= 4 is 11.8 Å². The fourth-order valence-corrected chi connectivity index (χ4v) is 2.72. The van der Waals surface area contributed by atoms with Gasteiger partial charge in [0.25, 0.3) is 0 Å². The number of hydrogen-bond donors (Lipinski definition) is 0. The highest BCUT2D eigenvalue weighted by molar-refractivity contribution is 8.02. The van der Waals surface area contributed by atoms with Gasteiger partial charge in [-0.2, -0.15) is 11.8 Å². The van der Waals surface area contributed by atoms with Crippen LogP contribution >= 0.6 is 11.8 Å². The molecule has 1 radical (unpaired) electrons. The highest BCUT2D eigenvalue weighted by atomic mass is 32.2. The Balaban J connectivity index is 1.88. The summed E-state index contributed by atoms with van der Waals surface area (Å²) >= 11 is 2.01. The van der Waals surface area contributed by atoms with Gasteiger partial charge in [-0.1, -0.05) is 12.2 Å². The van der Waals surface area contributed by atoms with Gasteiger partial charge >= 0.3 is 0 Å². The number of rotatable bonds is 1. The molecule has 0 spiro atoms. The molecule has 0 aliphatic carbocycles. The van der Waals surface area contributed by atoms with Gasteiger partial charge in [-0.05, 0) is 25.0 Å². The maximum absolute atomic E-state index is 5.62. The van der Waals surface area contributed by atoms with Crippen LogP contribution in [0, 0.1) is 5.25 Å². The summed E-state index contributed by atoms with van der Waals surface area (Å²) in [7, 11) is 0. The molecular weight excluding hydrogens is 156 g/mol. The summed E-state index contributed by atoms with van der Waals surface area (Å²) in [6.45, 7) is 0.814. The lowest BCUT2D eigenvalue weighted by molar-refractivity contribution is 0.0854. The Labute approximate surface area is 72.2 Å². The molecule has 2 heterocycles. The van der Waals surface area contributed by atoms with Crippen molar-refractivity contribution in [1.82, 2.24) is 0 Å². The van der Waals surface area contributed by atoms with Gasteiger partial charge in [0.15, 0.2) is 0 Å². The minimum atomic E-state index is 0.437. The zero-order valence-corrected chi connectivity index (χ0v) is 7.40. The Hall–Kier alpha value is 0.0500. The lowest BCUT2D eigenvalue weighted by atomic mass is 10.1. The van der Waals surface area contributed by atoms with Crippen LogP contribution in [0.25, 0.3) is 0 Å². The van der Waals surface area contributed by atoms with Crippen LogP contribution < -0.4 is 0 Å². The van der Waals surface area contributed by atoms with E-state index in [1.807, 2.05) is 11.8 Å². The van der Waals surface area contributed by atoms with Gasteiger partial charge in [-0.3, -0.25) is 0 Å². The molecule has 61 valence electrons. The molecule has 0 saturated carbocycles. The second-order valence-corrected chi connectivity index (χ2v) is 4.17. The summed E-state index contributed by atoms with van der Waals surface area (Å²) in [5.41, 5.74) is 0. The standard InChI is InChI=1S/C9H13OS/c1-2-6-10-8(4-1)9-5-3-7-11-9/h1-2,8H,3-7H2. The Kier molecular flexibility index (Phi) is 2.54. The molecule has 0 N–H and O–H groups in total. The van der Waals surface area contributed by atoms with E-state index < -0.39 is 0 Å². The smallest absolute Gasteiger partial charge is 0.0774 e. The molecule has 11 heavy (non-hydrogen) atoms. The third kappa shape index (κ3) is 1.79. The molecule has 2 aliphatic rings. The van der Waals surface area contributed by atoms with Crippen LogP contribution in [0.3, 0.4) is 0 Å². The number of ether oxygens (including phenoxy) is 1. The van der Waals surface area contributed by atoms with Crippen LogP contribution in [-0.4, -0.2) is 18.5 Å². The minimum absolute atomic E-state index is 0.437. The lowest BCUT2D eigenvalue weighted by Crippen LogP contribution is -2.20. The summed E-state index contributed by atoms with van der Waals surface area (Å²) in [5, 5.41) is 1.58. The Bertz CT molecular complexity index is 150. The SMILES string of the molecule is C1=CCC([C]2CCCS2)OC1. The highest BCUT2D eigenvalue weighted by Gasteiger charge is 2.26. The van der Waals surface area contributed by atoms with Crippen molar-refractivity contribution in [3.8, 4) is 0 Å².